The molecule has 0 aromatic carbocycles. The van der Waals surface area contributed by atoms with Crippen LogP contribution in [0.1, 0.15) is 58.8 Å². The Kier molecular flexibility index (Phi) is 6.31. The summed E-state index contributed by atoms with van der Waals surface area (Å²) in [6.45, 7) is 4.34. The van der Waals surface area contributed by atoms with Crippen molar-refractivity contribution in [1.29, 1.82) is 0 Å². The van der Waals surface area contributed by atoms with Crippen LogP contribution in [0.2, 0.25) is 0 Å². The maximum Gasteiger partial charge on any atom is 0.0694 e. The maximum absolute atomic E-state index is 10.1. The Labute approximate surface area is 124 Å². The molecule has 0 aromatic rings. The zero-order valence-electron chi connectivity index (χ0n) is 13.1. The van der Waals surface area contributed by atoms with E-state index in [1.54, 1.807) is 0 Å². The highest BCUT2D eigenvalue weighted by Gasteiger charge is 2.38. The average molecular weight is 277 g/mol. The van der Waals surface area contributed by atoms with Crippen molar-refractivity contribution < 1.29 is 5.11 Å². The van der Waals surface area contributed by atoms with Gasteiger partial charge in [-0.25, -0.2) is 0 Å². The molecular weight excluding hydrogens is 246 g/mol. The molecule has 0 radical (unpaired) electrons. The van der Waals surface area contributed by atoms with Gasteiger partial charge >= 0.3 is 0 Å². The number of aliphatic hydroxyl groups is 1. The van der Waals surface area contributed by atoms with Gasteiger partial charge in [-0.3, -0.25) is 0 Å². The first-order valence-corrected chi connectivity index (χ1v) is 8.49. The van der Waals surface area contributed by atoms with Crippen LogP contribution in [0.4, 0.5) is 0 Å². The molecule has 1 saturated carbocycles. The SMILES string of the molecule is CCCC/C=C/C=C/[C@H]1CCC[C@H]2N[C@@H](C)[C@@H](O)C[C@@H]12. The highest BCUT2D eigenvalue weighted by atomic mass is 16.3. The number of nitrogens with one attached hydrogen (secondary N) is 1. The van der Waals surface area contributed by atoms with E-state index in [2.05, 4.69) is 43.5 Å². The monoisotopic (exact) mass is 277 g/mol. The first-order chi connectivity index (χ1) is 9.72. The second kappa shape index (κ2) is 7.99. The van der Waals surface area contributed by atoms with E-state index in [9.17, 15) is 5.11 Å². The van der Waals surface area contributed by atoms with E-state index in [0.29, 0.717) is 17.9 Å². The molecule has 5 atom stereocenters. The number of unbranched alkanes of at least 4 members (excludes halogenated alkanes) is 2. The van der Waals surface area contributed by atoms with Gasteiger partial charge in [0.15, 0.2) is 0 Å². The lowest BCUT2D eigenvalue weighted by atomic mass is 9.70. The number of allylic oxidation sites excluding steroid dienone is 4. The Balaban J connectivity index is 1.87. The third-order valence-electron chi connectivity index (χ3n) is 5.02. The zero-order valence-corrected chi connectivity index (χ0v) is 13.1. The van der Waals surface area contributed by atoms with Gasteiger partial charge in [-0.2, -0.15) is 0 Å². The Morgan fingerprint density at radius 2 is 2.10 bits per heavy atom. The lowest BCUT2D eigenvalue weighted by molar-refractivity contribution is 0.0249. The van der Waals surface area contributed by atoms with Crippen molar-refractivity contribution in [3.05, 3.63) is 24.3 Å². The van der Waals surface area contributed by atoms with Crippen LogP contribution in [0.25, 0.3) is 0 Å². The van der Waals surface area contributed by atoms with Gasteiger partial charge in [0.2, 0.25) is 0 Å². The lowest BCUT2D eigenvalue weighted by Crippen LogP contribution is -2.56. The molecule has 1 aliphatic carbocycles. The summed E-state index contributed by atoms with van der Waals surface area (Å²) in [5, 5.41) is 13.7. The number of rotatable bonds is 5. The smallest absolute Gasteiger partial charge is 0.0694 e. The number of fused-ring (bicyclic) bond motifs is 1. The van der Waals surface area contributed by atoms with E-state index >= 15 is 0 Å². The molecule has 114 valence electrons. The van der Waals surface area contributed by atoms with Crippen molar-refractivity contribution in [2.45, 2.75) is 77.0 Å². The van der Waals surface area contributed by atoms with Gasteiger partial charge < -0.3 is 10.4 Å². The molecule has 2 aliphatic rings. The minimum atomic E-state index is -0.176. The molecule has 0 bridgehead atoms. The molecule has 2 N–H and O–H groups in total. The fourth-order valence-corrected chi connectivity index (χ4v) is 3.72. The Bertz CT molecular complexity index is 336. The molecule has 1 heterocycles. The van der Waals surface area contributed by atoms with Crippen LogP contribution in [0.15, 0.2) is 24.3 Å². The first kappa shape index (κ1) is 15.8. The standard InChI is InChI=1S/C18H31NO/c1-3-4-5-6-7-8-10-15-11-9-12-17-16(15)13-18(20)14(2)19-17/h6-8,10,14-20H,3-5,9,11-13H2,1-2H3/b7-6+,10-8+/t14-,15-,16-,17+,18-/m0/s1. The van der Waals surface area contributed by atoms with E-state index in [-0.39, 0.29) is 12.1 Å². The average Bonchev–Trinajstić information content (AvgIpc) is 2.44. The minimum Gasteiger partial charge on any atom is -0.392 e. The van der Waals surface area contributed by atoms with Gasteiger partial charge in [0.1, 0.15) is 0 Å². The Morgan fingerprint density at radius 1 is 1.25 bits per heavy atom. The summed E-state index contributed by atoms with van der Waals surface area (Å²) in [6, 6.07) is 0.869. The zero-order chi connectivity index (χ0) is 14.4. The molecule has 0 amide bonds. The van der Waals surface area contributed by atoms with Gasteiger partial charge in [-0.05, 0) is 44.4 Å². The van der Waals surface area contributed by atoms with Gasteiger partial charge in [-0.1, -0.05) is 50.5 Å². The van der Waals surface area contributed by atoms with Crippen LogP contribution >= 0.6 is 0 Å². The third-order valence-corrected chi connectivity index (χ3v) is 5.02. The molecule has 0 aromatic heterocycles. The predicted molar refractivity (Wildman–Crippen MR) is 85.6 cm³/mol. The second-order valence-electron chi connectivity index (χ2n) is 6.58. The van der Waals surface area contributed by atoms with Crippen LogP contribution < -0.4 is 5.32 Å². The van der Waals surface area contributed by atoms with Crippen LogP contribution in [0.5, 0.6) is 0 Å². The van der Waals surface area contributed by atoms with Crippen LogP contribution in [0.3, 0.4) is 0 Å². The van der Waals surface area contributed by atoms with Crippen LogP contribution in [-0.2, 0) is 0 Å². The molecule has 2 nitrogen and oxygen atoms in total. The number of piperidine rings is 1. The highest BCUT2D eigenvalue weighted by molar-refractivity contribution is 5.08. The maximum atomic E-state index is 10.1. The van der Waals surface area contributed by atoms with Crippen molar-refractivity contribution >= 4 is 0 Å². The topological polar surface area (TPSA) is 32.3 Å². The normalized spacial score (nSPS) is 38.5. The quantitative estimate of drug-likeness (QED) is 0.591. The first-order valence-electron chi connectivity index (χ1n) is 8.49. The van der Waals surface area contributed by atoms with Crippen LogP contribution in [-0.4, -0.2) is 23.3 Å². The minimum absolute atomic E-state index is 0.176. The summed E-state index contributed by atoms with van der Waals surface area (Å²) in [5.74, 6) is 1.26. The number of hydrogen-bond acceptors (Lipinski definition) is 2. The number of hydrogen-bond donors (Lipinski definition) is 2. The van der Waals surface area contributed by atoms with Crippen LogP contribution in [0, 0.1) is 11.8 Å². The highest BCUT2D eigenvalue weighted by Crippen LogP contribution is 2.37. The van der Waals surface area contributed by atoms with E-state index in [4.69, 9.17) is 0 Å². The van der Waals surface area contributed by atoms with Gasteiger partial charge in [-0.15, -0.1) is 0 Å². The van der Waals surface area contributed by atoms with E-state index in [1.165, 1.54) is 38.5 Å². The van der Waals surface area contributed by atoms with Gasteiger partial charge in [0, 0.05) is 12.1 Å². The molecule has 2 heteroatoms. The molecule has 2 fully saturated rings. The largest absolute Gasteiger partial charge is 0.392 e. The van der Waals surface area contributed by atoms with E-state index in [1.807, 2.05) is 0 Å². The Hall–Kier alpha value is -0.600. The molecular formula is C18H31NO. The van der Waals surface area contributed by atoms with Crippen molar-refractivity contribution in [3.8, 4) is 0 Å². The van der Waals surface area contributed by atoms with E-state index < -0.39 is 0 Å². The fourth-order valence-electron chi connectivity index (χ4n) is 3.72. The van der Waals surface area contributed by atoms with Crippen molar-refractivity contribution in [2.75, 3.05) is 0 Å². The van der Waals surface area contributed by atoms with Crippen molar-refractivity contribution in [1.82, 2.24) is 5.32 Å². The lowest BCUT2D eigenvalue weighted by Gasteiger charge is -2.45. The predicted octanol–water partition coefficient (Wildman–Crippen LogP) is 3.82. The summed E-state index contributed by atoms with van der Waals surface area (Å²) < 4.78 is 0. The van der Waals surface area contributed by atoms with Gasteiger partial charge in [0.25, 0.3) is 0 Å². The fraction of sp³-hybridized carbons (Fsp3) is 0.778. The summed E-state index contributed by atoms with van der Waals surface area (Å²) in [5.41, 5.74) is 0. The molecule has 0 unspecified atom stereocenters. The van der Waals surface area contributed by atoms with Gasteiger partial charge in [0.05, 0.1) is 6.10 Å². The van der Waals surface area contributed by atoms with Crippen molar-refractivity contribution in [2.24, 2.45) is 11.8 Å². The summed E-state index contributed by atoms with van der Waals surface area (Å²) >= 11 is 0. The Morgan fingerprint density at radius 3 is 2.90 bits per heavy atom. The molecule has 20 heavy (non-hydrogen) atoms. The summed E-state index contributed by atoms with van der Waals surface area (Å²) in [6.07, 6.45) is 17.5. The van der Waals surface area contributed by atoms with Crippen molar-refractivity contribution in [3.63, 3.8) is 0 Å². The molecule has 0 spiro atoms. The number of aliphatic hydroxyl groups excluding tert-OH is 1. The third kappa shape index (κ3) is 4.20. The van der Waals surface area contributed by atoms with E-state index in [0.717, 1.165) is 6.42 Å². The second-order valence-corrected chi connectivity index (χ2v) is 6.58. The molecule has 1 saturated heterocycles. The summed E-state index contributed by atoms with van der Waals surface area (Å²) in [4.78, 5) is 0. The summed E-state index contributed by atoms with van der Waals surface area (Å²) in [7, 11) is 0. The molecule has 1 aliphatic heterocycles. The molecule has 2 rings (SSSR count).